The molecule has 0 spiro atoms. The van der Waals surface area contributed by atoms with Crippen molar-refractivity contribution in [3.63, 3.8) is 0 Å². The van der Waals surface area contributed by atoms with Crippen LogP contribution in [0.3, 0.4) is 0 Å². The highest BCUT2D eigenvalue weighted by molar-refractivity contribution is 9.09. The van der Waals surface area contributed by atoms with Gasteiger partial charge in [0, 0.05) is 24.5 Å². The minimum absolute atomic E-state index is 0.0877. The van der Waals surface area contributed by atoms with Gasteiger partial charge in [-0.3, -0.25) is 4.79 Å². The molecule has 0 saturated heterocycles. The summed E-state index contributed by atoms with van der Waals surface area (Å²) in [6.07, 6.45) is 0.876. The van der Waals surface area contributed by atoms with E-state index in [4.69, 9.17) is 4.74 Å². The minimum atomic E-state index is -0.466. The highest BCUT2D eigenvalue weighted by Gasteiger charge is 2.13. The van der Waals surface area contributed by atoms with Crippen LogP contribution < -0.4 is 4.74 Å². The first kappa shape index (κ1) is 14.0. The second-order valence-corrected chi connectivity index (χ2v) is 4.41. The number of hydrogen-bond donors (Lipinski definition) is 0. The lowest BCUT2D eigenvalue weighted by Gasteiger charge is -2.16. The summed E-state index contributed by atoms with van der Waals surface area (Å²) in [7, 11) is 3.10. The molecule has 0 atom stereocenters. The maximum atomic E-state index is 13.2. The highest BCUT2D eigenvalue weighted by atomic mass is 79.9. The van der Waals surface area contributed by atoms with Gasteiger partial charge in [-0.15, -0.1) is 0 Å². The van der Waals surface area contributed by atoms with Crippen molar-refractivity contribution in [1.29, 1.82) is 0 Å². The fourth-order valence-electron chi connectivity index (χ4n) is 1.41. The smallest absolute Gasteiger partial charge is 0.253 e. The maximum Gasteiger partial charge on any atom is 0.253 e. The number of amides is 1. The van der Waals surface area contributed by atoms with Crippen LogP contribution in [0.4, 0.5) is 4.39 Å². The largest absolute Gasteiger partial charge is 0.494 e. The summed E-state index contributed by atoms with van der Waals surface area (Å²) in [6, 6.07) is 4.12. The molecule has 17 heavy (non-hydrogen) atoms. The fraction of sp³-hybridized carbons (Fsp3) is 0.417. The van der Waals surface area contributed by atoms with E-state index in [9.17, 15) is 9.18 Å². The number of carbonyl (C=O) groups excluding carboxylic acids is 1. The molecule has 0 saturated carbocycles. The Hall–Kier alpha value is -1.10. The lowest BCUT2D eigenvalue weighted by atomic mass is 10.2. The summed E-state index contributed by atoms with van der Waals surface area (Å²) in [5.41, 5.74) is 0.431. The third-order valence-corrected chi connectivity index (χ3v) is 2.93. The van der Waals surface area contributed by atoms with Gasteiger partial charge in [0.25, 0.3) is 5.91 Å². The third-order valence-electron chi connectivity index (χ3n) is 2.37. The lowest BCUT2D eigenvalue weighted by Crippen LogP contribution is -2.28. The predicted octanol–water partition coefficient (Wildman–Crippen LogP) is 2.69. The van der Waals surface area contributed by atoms with E-state index in [0.29, 0.717) is 12.1 Å². The monoisotopic (exact) mass is 303 g/mol. The van der Waals surface area contributed by atoms with Crippen molar-refractivity contribution >= 4 is 21.8 Å². The Morgan fingerprint density at radius 2 is 2.24 bits per heavy atom. The zero-order valence-corrected chi connectivity index (χ0v) is 11.5. The zero-order chi connectivity index (χ0) is 12.8. The number of halogens is 2. The van der Waals surface area contributed by atoms with Crippen LogP contribution in [0.15, 0.2) is 18.2 Å². The standard InChI is InChI=1S/C12H15BrFNO2/c1-15(7-3-6-13)12(16)9-4-5-10(14)11(8-9)17-2/h4-5,8H,3,6-7H2,1-2H3. The molecule has 0 fully saturated rings. The summed E-state index contributed by atoms with van der Waals surface area (Å²) < 4.78 is 18.0. The van der Waals surface area contributed by atoms with Gasteiger partial charge in [0.15, 0.2) is 11.6 Å². The second-order valence-electron chi connectivity index (χ2n) is 3.62. The Kier molecular flexibility index (Phi) is 5.41. The second kappa shape index (κ2) is 6.59. The van der Waals surface area contributed by atoms with Crippen molar-refractivity contribution in [3.8, 4) is 5.75 Å². The van der Waals surface area contributed by atoms with Crippen molar-refractivity contribution in [2.24, 2.45) is 0 Å². The summed E-state index contributed by atoms with van der Waals surface area (Å²) in [5, 5.41) is 0.845. The molecule has 1 aromatic carbocycles. The number of alkyl halides is 1. The van der Waals surface area contributed by atoms with E-state index in [1.165, 1.54) is 25.3 Å². The normalized spacial score (nSPS) is 10.1. The Labute approximate surface area is 109 Å². The molecule has 1 aromatic rings. The van der Waals surface area contributed by atoms with Gasteiger partial charge in [0.1, 0.15) is 0 Å². The molecule has 0 aliphatic rings. The summed E-state index contributed by atoms with van der Waals surface area (Å²) in [5.74, 6) is -0.513. The zero-order valence-electron chi connectivity index (χ0n) is 9.87. The van der Waals surface area contributed by atoms with Gasteiger partial charge >= 0.3 is 0 Å². The van der Waals surface area contributed by atoms with Crippen LogP contribution in [-0.4, -0.2) is 36.8 Å². The molecule has 94 valence electrons. The molecule has 0 N–H and O–H groups in total. The molecule has 0 aromatic heterocycles. The number of methoxy groups -OCH3 is 1. The number of ether oxygens (including phenoxy) is 1. The van der Waals surface area contributed by atoms with Gasteiger partial charge in [-0.2, -0.15) is 0 Å². The first-order valence-electron chi connectivity index (χ1n) is 5.25. The Balaban J connectivity index is 2.81. The van der Waals surface area contributed by atoms with Gasteiger partial charge in [0.05, 0.1) is 7.11 Å². The van der Waals surface area contributed by atoms with Gasteiger partial charge in [-0.1, -0.05) is 15.9 Å². The molecule has 0 unspecified atom stereocenters. The van der Waals surface area contributed by atoms with Crippen molar-refractivity contribution < 1.29 is 13.9 Å². The van der Waals surface area contributed by atoms with Crippen LogP contribution in [0.5, 0.6) is 5.75 Å². The van der Waals surface area contributed by atoms with Crippen molar-refractivity contribution in [1.82, 2.24) is 4.90 Å². The van der Waals surface area contributed by atoms with Crippen molar-refractivity contribution in [3.05, 3.63) is 29.6 Å². The first-order valence-corrected chi connectivity index (χ1v) is 6.37. The van der Waals surface area contributed by atoms with Crippen LogP contribution in [0.2, 0.25) is 0 Å². The number of carbonyl (C=O) groups is 1. The molecular weight excluding hydrogens is 289 g/mol. The SMILES string of the molecule is COc1cc(C(=O)N(C)CCCBr)ccc1F. The average Bonchev–Trinajstić information content (AvgIpc) is 2.35. The molecule has 0 bridgehead atoms. The van der Waals surface area contributed by atoms with Crippen molar-refractivity contribution in [2.45, 2.75) is 6.42 Å². The van der Waals surface area contributed by atoms with Gasteiger partial charge in [-0.05, 0) is 24.6 Å². The molecule has 0 heterocycles. The van der Waals surface area contributed by atoms with Crippen LogP contribution in [0, 0.1) is 5.82 Å². The van der Waals surface area contributed by atoms with Gasteiger partial charge < -0.3 is 9.64 Å². The lowest BCUT2D eigenvalue weighted by molar-refractivity contribution is 0.0795. The summed E-state index contributed by atoms with van der Waals surface area (Å²) in [4.78, 5) is 13.6. The van der Waals surface area contributed by atoms with Crippen molar-refractivity contribution in [2.75, 3.05) is 26.0 Å². The minimum Gasteiger partial charge on any atom is -0.494 e. The summed E-state index contributed by atoms with van der Waals surface area (Å²) >= 11 is 3.31. The van der Waals surface area contributed by atoms with Crippen LogP contribution >= 0.6 is 15.9 Å². The molecule has 0 aliphatic carbocycles. The quantitative estimate of drug-likeness (QED) is 0.783. The molecule has 1 rings (SSSR count). The van der Waals surface area contributed by atoms with Crippen LogP contribution in [-0.2, 0) is 0 Å². The number of benzene rings is 1. The maximum absolute atomic E-state index is 13.2. The van der Waals surface area contributed by atoms with E-state index in [1.807, 2.05) is 0 Å². The Morgan fingerprint density at radius 3 is 2.82 bits per heavy atom. The fourth-order valence-corrected chi connectivity index (χ4v) is 1.66. The van der Waals surface area contributed by atoms with E-state index in [2.05, 4.69) is 15.9 Å². The van der Waals surface area contributed by atoms with E-state index < -0.39 is 5.82 Å². The average molecular weight is 304 g/mol. The van der Waals surface area contributed by atoms with E-state index in [0.717, 1.165) is 11.8 Å². The molecule has 5 heteroatoms. The molecule has 0 radical (unpaired) electrons. The highest BCUT2D eigenvalue weighted by Crippen LogP contribution is 2.19. The predicted molar refractivity (Wildman–Crippen MR) is 68.3 cm³/mol. The van der Waals surface area contributed by atoms with E-state index >= 15 is 0 Å². The van der Waals surface area contributed by atoms with Gasteiger partial charge in [0.2, 0.25) is 0 Å². The van der Waals surface area contributed by atoms with Gasteiger partial charge in [-0.25, -0.2) is 4.39 Å². The topological polar surface area (TPSA) is 29.5 Å². The molecule has 0 aliphatic heterocycles. The first-order chi connectivity index (χ1) is 8.10. The molecule has 3 nitrogen and oxygen atoms in total. The number of nitrogens with zero attached hydrogens (tertiary/aromatic N) is 1. The molecule has 1 amide bonds. The van der Waals surface area contributed by atoms with Crippen LogP contribution in [0.25, 0.3) is 0 Å². The van der Waals surface area contributed by atoms with Crippen LogP contribution in [0.1, 0.15) is 16.8 Å². The Morgan fingerprint density at radius 1 is 1.53 bits per heavy atom. The third kappa shape index (κ3) is 3.70. The van der Waals surface area contributed by atoms with E-state index in [-0.39, 0.29) is 11.7 Å². The summed E-state index contributed by atoms with van der Waals surface area (Å²) in [6.45, 7) is 0.657. The molecular formula is C12H15BrFNO2. The Bertz CT molecular complexity index is 398. The van der Waals surface area contributed by atoms with E-state index in [1.54, 1.807) is 11.9 Å². The number of hydrogen-bond acceptors (Lipinski definition) is 2. The number of rotatable bonds is 5.